The van der Waals surface area contributed by atoms with E-state index in [9.17, 15) is 4.79 Å². The molecule has 0 aliphatic carbocycles. The van der Waals surface area contributed by atoms with E-state index in [-0.39, 0.29) is 11.9 Å². The predicted molar refractivity (Wildman–Crippen MR) is 107 cm³/mol. The van der Waals surface area contributed by atoms with E-state index >= 15 is 0 Å². The van der Waals surface area contributed by atoms with Gasteiger partial charge in [0.05, 0.1) is 5.02 Å². The lowest BCUT2D eigenvalue weighted by Crippen LogP contribution is -2.24. The molecule has 1 unspecified atom stereocenters. The Balaban J connectivity index is 1.67. The molecule has 1 aliphatic heterocycles. The normalized spacial score (nSPS) is 14.1. The van der Waals surface area contributed by atoms with Crippen LogP contribution in [0.3, 0.4) is 0 Å². The van der Waals surface area contributed by atoms with E-state index in [1.165, 1.54) is 6.92 Å². The lowest BCUT2D eigenvalue weighted by atomic mass is 10.1. The van der Waals surface area contributed by atoms with Gasteiger partial charge in [-0.25, -0.2) is 0 Å². The molecule has 1 atom stereocenters. The number of rotatable bonds is 5. The average molecular weight is 391 g/mol. The maximum absolute atomic E-state index is 11.2. The fourth-order valence-corrected chi connectivity index (χ4v) is 3.42. The summed E-state index contributed by atoms with van der Waals surface area (Å²) in [5, 5.41) is 7.40. The lowest BCUT2D eigenvalue weighted by Gasteiger charge is -2.21. The van der Waals surface area contributed by atoms with Crippen molar-refractivity contribution in [2.75, 3.05) is 18.5 Å². The van der Waals surface area contributed by atoms with Gasteiger partial charge in [0.15, 0.2) is 0 Å². The summed E-state index contributed by atoms with van der Waals surface area (Å²) in [6, 6.07) is 11.5. The second-order valence-corrected chi connectivity index (χ2v) is 7.15. The molecular formula is C20H20Cl2N2O2. The van der Waals surface area contributed by atoms with Crippen molar-refractivity contribution in [2.45, 2.75) is 19.9 Å². The average Bonchev–Trinajstić information content (AvgIpc) is 2.58. The zero-order chi connectivity index (χ0) is 18.7. The molecule has 26 heavy (non-hydrogen) atoms. The van der Waals surface area contributed by atoms with Crippen molar-refractivity contribution in [3.8, 4) is 5.75 Å². The lowest BCUT2D eigenvalue weighted by molar-refractivity contribution is -0.114. The Hall–Kier alpha value is -2.01. The highest BCUT2D eigenvalue weighted by molar-refractivity contribution is 6.36. The van der Waals surface area contributed by atoms with Gasteiger partial charge in [-0.3, -0.25) is 4.79 Å². The fraction of sp³-hybridized carbons (Fsp3) is 0.250. The van der Waals surface area contributed by atoms with E-state index in [0.29, 0.717) is 28.9 Å². The van der Waals surface area contributed by atoms with Gasteiger partial charge in [-0.1, -0.05) is 35.3 Å². The van der Waals surface area contributed by atoms with Gasteiger partial charge >= 0.3 is 0 Å². The van der Waals surface area contributed by atoms with Gasteiger partial charge in [-0.15, -0.1) is 0 Å². The van der Waals surface area contributed by atoms with Crippen molar-refractivity contribution in [3.63, 3.8) is 0 Å². The molecule has 0 bridgehead atoms. The summed E-state index contributed by atoms with van der Waals surface area (Å²) in [4.78, 5) is 11.2. The number of nitrogens with one attached hydrogen (secondary N) is 2. The van der Waals surface area contributed by atoms with Gasteiger partial charge < -0.3 is 15.4 Å². The molecule has 6 heteroatoms. The highest BCUT2D eigenvalue weighted by Gasteiger charge is 2.16. The van der Waals surface area contributed by atoms with Crippen LogP contribution in [0.15, 0.2) is 42.0 Å². The summed E-state index contributed by atoms with van der Waals surface area (Å²) in [6.45, 7) is 4.74. The Morgan fingerprint density at radius 2 is 2.08 bits per heavy atom. The summed E-state index contributed by atoms with van der Waals surface area (Å²) >= 11 is 12.2. The molecule has 136 valence electrons. The molecule has 2 N–H and O–H groups in total. The number of hydrogen-bond donors (Lipinski definition) is 2. The molecule has 1 aliphatic rings. The van der Waals surface area contributed by atoms with E-state index in [1.807, 2.05) is 30.3 Å². The molecule has 1 amide bonds. The van der Waals surface area contributed by atoms with Crippen LogP contribution in [-0.2, 0) is 4.79 Å². The van der Waals surface area contributed by atoms with Crippen molar-refractivity contribution in [1.29, 1.82) is 0 Å². The van der Waals surface area contributed by atoms with Gasteiger partial charge in [-0.2, -0.15) is 0 Å². The highest BCUT2D eigenvalue weighted by atomic mass is 35.5. The molecule has 2 aromatic rings. The molecule has 3 rings (SSSR count). The molecule has 2 aromatic carbocycles. The van der Waals surface area contributed by atoms with E-state index in [4.69, 9.17) is 27.9 Å². The molecule has 1 heterocycles. The Bertz CT molecular complexity index is 865. The number of halogens is 2. The van der Waals surface area contributed by atoms with Gasteiger partial charge in [0, 0.05) is 35.8 Å². The zero-order valence-corrected chi connectivity index (χ0v) is 16.1. The zero-order valence-electron chi connectivity index (χ0n) is 14.6. The maximum Gasteiger partial charge on any atom is 0.221 e. The summed E-state index contributed by atoms with van der Waals surface area (Å²) < 4.78 is 5.78. The van der Waals surface area contributed by atoms with Gasteiger partial charge in [-0.05, 0) is 48.4 Å². The van der Waals surface area contributed by atoms with Crippen LogP contribution in [-0.4, -0.2) is 19.1 Å². The van der Waals surface area contributed by atoms with E-state index in [1.54, 1.807) is 6.07 Å². The number of carbonyl (C=O) groups excluding carboxylic acids is 1. The second kappa shape index (κ2) is 8.12. The SMILES string of the molecule is CC(=O)Nc1cccc(C(C)NCC2=Cc3cc(Cl)cc(Cl)c3OC2)c1. The summed E-state index contributed by atoms with van der Waals surface area (Å²) in [6.07, 6.45) is 2.06. The molecule has 0 aromatic heterocycles. The Labute approximate surface area is 163 Å². The van der Waals surface area contributed by atoms with E-state index in [0.717, 1.165) is 22.4 Å². The third-order valence-electron chi connectivity index (χ3n) is 4.14. The number of benzene rings is 2. The number of fused-ring (bicyclic) bond motifs is 1. The third kappa shape index (κ3) is 4.58. The van der Waals surface area contributed by atoms with Crippen molar-refractivity contribution < 1.29 is 9.53 Å². The Morgan fingerprint density at radius 1 is 1.27 bits per heavy atom. The van der Waals surface area contributed by atoms with Crippen LogP contribution in [0, 0.1) is 0 Å². The number of anilines is 1. The first kappa shape index (κ1) is 18.8. The Morgan fingerprint density at radius 3 is 2.85 bits per heavy atom. The quantitative estimate of drug-likeness (QED) is 0.748. The Kier molecular flexibility index (Phi) is 5.87. The number of ether oxygens (including phenoxy) is 1. The minimum atomic E-state index is -0.0803. The van der Waals surface area contributed by atoms with Crippen LogP contribution in [0.5, 0.6) is 5.75 Å². The summed E-state index contributed by atoms with van der Waals surface area (Å²) in [5.41, 5.74) is 3.90. The second-order valence-electron chi connectivity index (χ2n) is 6.31. The van der Waals surface area contributed by atoms with E-state index < -0.39 is 0 Å². The third-order valence-corrected chi connectivity index (χ3v) is 4.64. The number of amides is 1. The molecule has 0 fully saturated rings. The van der Waals surface area contributed by atoms with Crippen LogP contribution in [0.1, 0.15) is 31.0 Å². The first-order chi connectivity index (χ1) is 12.4. The number of carbonyl (C=O) groups is 1. The van der Waals surface area contributed by atoms with Crippen molar-refractivity contribution in [2.24, 2.45) is 0 Å². The fourth-order valence-electron chi connectivity index (χ4n) is 2.86. The molecule has 0 saturated carbocycles. The van der Waals surface area contributed by atoms with Gasteiger partial charge in [0.25, 0.3) is 0 Å². The minimum Gasteiger partial charge on any atom is -0.487 e. The molecule has 0 saturated heterocycles. The minimum absolute atomic E-state index is 0.0803. The van der Waals surface area contributed by atoms with Gasteiger partial charge in [0.1, 0.15) is 12.4 Å². The summed E-state index contributed by atoms with van der Waals surface area (Å²) in [5.74, 6) is 0.596. The number of hydrogen-bond acceptors (Lipinski definition) is 3. The van der Waals surface area contributed by atoms with Crippen LogP contribution in [0.4, 0.5) is 5.69 Å². The van der Waals surface area contributed by atoms with Crippen LogP contribution in [0.2, 0.25) is 10.0 Å². The van der Waals surface area contributed by atoms with Crippen LogP contribution >= 0.6 is 23.2 Å². The van der Waals surface area contributed by atoms with Crippen LogP contribution in [0.25, 0.3) is 6.08 Å². The van der Waals surface area contributed by atoms with Crippen molar-refractivity contribution >= 4 is 40.9 Å². The van der Waals surface area contributed by atoms with Crippen LogP contribution < -0.4 is 15.4 Å². The molecular weight excluding hydrogens is 371 g/mol. The first-order valence-electron chi connectivity index (χ1n) is 8.34. The molecule has 0 radical (unpaired) electrons. The van der Waals surface area contributed by atoms with Gasteiger partial charge in [0.2, 0.25) is 5.91 Å². The first-order valence-corrected chi connectivity index (χ1v) is 9.10. The highest BCUT2D eigenvalue weighted by Crippen LogP contribution is 2.36. The molecule has 0 spiro atoms. The largest absolute Gasteiger partial charge is 0.487 e. The molecule has 4 nitrogen and oxygen atoms in total. The standard InChI is InChI=1S/C20H20Cl2N2O2/c1-12(15-4-3-5-18(8-15)24-13(2)25)23-10-14-6-16-7-17(21)9-19(22)20(16)26-11-14/h3-9,12,23H,10-11H2,1-2H3,(H,24,25). The maximum atomic E-state index is 11.2. The van der Waals surface area contributed by atoms with E-state index in [2.05, 4.69) is 23.6 Å². The topological polar surface area (TPSA) is 50.4 Å². The monoisotopic (exact) mass is 390 g/mol. The predicted octanol–water partition coefficient (Wildman–Crippen LogP) is 5.08. The smallest absolute Gasteiger partial charge is 0.221 e. The van der Waals surface area contributed by atoms with Crippen molar-refractivity contribution in [3.05, 3.63) is 63.1 Å². The summed E-state index contributed by atoms with van der Waals surface area (Å²) in [7, 11) is 0. The van der Waals surface area contributed by atoms with Crippen molar-refractivity contribution in [1.82, 2.24) is 5.32 Å².